The number of phosphoric acid groups is 2. The minimum absolute atomic E-state index is 0.101. The molecule has 88 heavy (non-hydrogen) atoms. The molecule has 5 atom stereocenters. The summed E-state index contributed by atoms with van der Waals surface area (Å²) in [6.07, 6.45) is 40.6. The van der Waals surface area contributed by atoms with Gasteiger partial charge in [-0.2, -0.15) is 0 Å². The zero-order valence-electron chi connectivity index (χ0n) is 57.3. The van der Waals surface area contributed by atoms with Crippen molar-refractivity contribution in [3.63, 3.8) is 0 Å². The van der Waals surface area contributed by atoms with Crippen LogP contribution in [0.4, 0.5) is 0 Å². The van der Waals surface area contributed by atoms with Crippen LogP contribution in [0.25, 0.3) is 0 Å². The third-order valence-corrected chi connectivity index (χ3v) is 17.7. The van der Waals surface area contributed by atoms with Crippen molar-refractivity contribution in [2.45, 2.75) is 356 Å². The number of phosphoric ester groups is 2. The van der Waals surface area contributed by atoms with E-state index in [1.54, 1.807) is 0 Å². The van der Waals surface area contributed by atoms with Gasteiger partial charge in [0.15, 0.2) is 12.2 Å². The van der Waals surface area contributed by atoms with Crippen LogP contribution < -0.4 is 0 Å². The van der Waals surface area contributed by atoms with Crippen LogP contribution in [0, 0.1) is 23.7 Å². The monoisotopic (exact) mass is 1300 g/mol. The number of carbonyl (C=O) groups is 4. The zero-order chi connectivity index (χ0) is 65.4. The first-order valence-corrected chi connectivity index (χ1v) is 38.7. The van der Waals surface area contributed by atoms with E-state index >= 15 is 0 Å². The molecule has 19 heteroatoms. The van der Waals surface area contributed by atoms with Crippen LogP contribution in [0.1, 0.15) is 338 Å². The Balaban J connectivity index is 5.20. The summed E-state index contributed by atoms with van der Waals surface area (Å²) in [5, 5.41) is 10.6. The van der Waals surface area contributed by atoms with Gasteiger partial charge < -0.3 is 33.8 Å². The highest BCUT2D eigenvalue weighted by Gasteiger charge is 2.30. The molecule has 2 unspecified atom stereocenters. The molecule has 0 rings (SSSR count). The highest BCUT2D eigenvalue weighted by atomic mass is 31.2. The summed E-state index contributed by atoms with van der Waals surface area (Å²) in [6.45, 7) is 14.0. The summed E-state index contributed by atoms with van der Waals surface area (Å²) in [6, 6.07) is 0. The standard InChI is InChI=1S/C69H134O17P2/c1-59(2)45-37-29-21-17-13-10-9-11-15-20-24-35-43-51-68(73)85-64(56-80-67(72)50-42-34-27-25-31-39-47-61(5)6)57-83-87(75,76)81-53-63(70)54-82-88(77,78)84-58-65(86-69(74)52-44-36-28-26-32-40-48-62(7)8)55-79-66(71)49-41-33-23-19-16-12-14-18-22-30-38-46-60(3)4/h59-65,70H,9-58H2,1-8H3,(H,75,76)(H,77,78)/t63-,64+,65+/m0/s1. The van der Waals surface area contributed by atoms with Gasteiger partial charge in [-0.05, 0) is 49.4 Å². The van der Waals surface area contributed by atoms with Crippen molar-refractivity contribution in [1.82, 2.24) is 0 Å². The molecule has 0 saturated heterocycles. The number of aliphatic hydroxyl groups is 1. The maximum atomic E-state index is 13.0. The quantitative estimate of drug-likeness (QED) is 0.0222. The van der Waals surface area contributed by atoms with Crippen LogP contribution in [-0.4, -0.2) is 96.7 Å². The van der Waals surface area contributed by atoms with Gasteiger partial charge in [0.25, 0.3) is 0 Å². The molecular formula is C69H134O17P2. The van der Waals surface area contributed by atoms with Crippen molar-refractivity contribution >= 4 is 39.5 Å². The summed E-state index contributed by atoms with van der Waals surface area (Å²) < 4.78 is 68.2. The molecule has 0 fully saturated rings. The fraction of sp³-hybridized carbons (Fsp3) is 0.942. The maximum Gasteiger partial charge on any atom is 0.472 e. The molecule has 0 aliphatic rings. The highest BCUT2D eigenvalue weighted by molar-refractivity contribution is 7.47. The molecule has 0 radical (unpaired) electrons. The van der Waals surface area contributed by atoms with Crippen LogP contribution in [0.3, 0.4) is 0 Å². The number of hydrogen-bond acceptors (Lipinski definition) is 15. The normalized spacial score (nSPS) is 14.3. The first-order valence-electron chi connectivity index (χ1n) is 35.7. The molecule has 0 aromatic heterocycles. The van der Waals surface area contributed by atoms with E-state index in [1.807, 2.05) is 0 Å². The number of carbonyl (C=O) groups excluding carboxylic acids is 4. The predicted octanol–water partition coefficient (Wildman–Crippen LogP) is 19.3. The van der Waals surface area contributed by atoms with Gasteiger partial charge in [-0.25, -0.2) is 9.13 Å². The Morgan fingerprint density at radius 2 is 0.477 bits per heavy atom. The lowest BCUT2D eigenvalue weighted by molar-refractivity contribution is -0.161. The molecule has 0 aromatic carbocycles. The summed E-state index contributed by atoms with van der Waals surface area (Å²) in [7, 11) is -9.90. The zero-order valence-corrected chi connectivity index (χ0v) is 59.1. The van der Waals surface area contributed by atoms with Crippen molar-refractivity contribution in [1.29, 1.82) is 0 Å². The first-order chi connectivity index (χ1) is 42.1. The molecule has 522 valence electrons. The lowest BCUT2D eigenvalue weighted by atomic mass is 10.0. The van der Waals surface area contributed by atoms with E-state index in [4.69, 9.17) is 37.0 Å². The van der Waals surface area contributed by atoms with E-state index in [2.05, 4.69) is 55.4 Å². The van der Waals surface area contributed by atoms with Gasteiger partial charge in [0.1, 0.15) is 19.3 Å². The predicted molar refractivity (Wildman–Crippen MR) is 354 cm³/mol. The van der Waals surface area contributed by atoms with Gasteiger partial charge >= 0.3 is 39.5 Å². The first kappa shape index (κ1) is 86.1. The topological polar surface area (TPSA) is 237 Å². The molecule has 3 N–H and O–H groups in total. The lowest BCUT2D eigenvalue weighted by Gasteiger charge is -2.21. The Labute approximate surface area is 537 Å². The van der Waals surface area contributed by atoms with Crippen molar-refractivity contribution in [2.75, 3.05) is 39.6 Å². The van der Waals surface area contributed by atoms with Crippen molar-refractivity contribution in [3.8, 4) is 0 Å². The molecule has 0 aliphatic carbocycles. The van der Waals surface area contributed by atoms with Crippen LogP contribution >= 0.6 is 15.6 Å². The van der Waals surface area contributed by atoms with E-state index in [9.17, 15) is 43.2 Å². The molecule has 17 nitrogen and oxygen atoms in total. The van der Waals surface area contributed by atoms with Crippen LogP contribution in [0.2, 0.25) is 0 Å². The van der Waals surface area contributed by atoms with Crippen molar-refractivity contribution in [3.05, 3.63) is 0 Å². The SMILES string of the molecule is CC(C)CCCCCCCCCCCCCCCC(=O)O[C@H](COC(=O)CCCCCCCCC(C)C)COP(=O)(O)OC[C@H](O)COP(=O)(O)OC[C@@H](COC(=O)CCCCCCCCCCCCCC(C)C)OC(=O)CCCCCCCCC(C)C. The van der Waals surface area contributed by atoms with Gasteiger partial charge in [0.05, 0.1) is 26.4 Å². The van der Waals surface area contributed by atoms with Gasteiger partial charge in [-0.1, -0.05) is 287 Å². The highest BCUT2D eigenvalue weighted by Crippen LogP contribution is 2.45. The Hall–Kier alpha value is -1.94. The molecule has 0 spiro atoms. The Kier molecular flexibility index (Phi) is 57.6. The van der Waals surface area contributed by atoms with E-state index in [1.165, 1.54) is 135 Å². The number of rotatable bonds is 66. The Morgan fingerprint density at radius 1 is 0.284 bits per heavy atom. The van der Waals surface area contributed by atoms with Gasteiger partial charge in [0.2, 0.25) is 0 Å². The summed E-state index contributed by atoms with van der Waals surface area (Å²) >= 11 is 0. The minimum Gasteiger partial charge on any atom is -0.462 e. The number of hydrogen-bond donors (Lipinski definition) is 3. The summed E-state index contributed by atoms with van der Waals surface area (Å²) in [5.74, 6) is 0.770. The minimum atomic E-state index is -4.95. The second-order valence-corrected chi connectivity index (χ2v) is 29.7. The molecule has 0 aliphatic heterocycles. The third-order valence-electron chi connectivity index (χ3n) is 15.8. The Morgan fingerprint density at radius 3 is 0.705 bits per heavy atom. The van der Waals surface area contributed by atoms with E-state index in [0.717, 1.165) is 108 Å². The fourth-order valence-electron chi connectivity index (χ4n) is 10.3. The number of aliphatic hydroxyl groups excluding tert-OH is 1. The van der Waals surface area contributed by atoms with Gasteiger partial charge in [-0.15, -0.1) is 0 Å². The summed E-state index contributed by atoms with van der Waals surface area (Å²) in [4.78, 5) is 72.4. The second kappa shape index (κ2) is 58.8. The third kappa shape index (κ3) is 62.8. The summed E-state index contributed by atoms with van der Waals surface area (Å²) in [5.41, 5.74) is 0. The molecule has 0 amide bonds. The molecular weight excluding hydrogens is 1160 g/mol. The van der Waals surface area contributed by atoms with Crippen molar-refractivity contribution < 1.29 is 80.2 Å². The Bertz CT molecular complexity index is 1750. The molecule has 0 heterocycles. The lowest BCUT2D eigenvalue weighted by Crippen LogP contribution is -2.30. The van der Waals surface area contributed by atoms with Crippen LogP contribution in [0.5, 0.6) is 0 Å². The van der Waals surface area contributed by atoms with Crippen LogP contribution in [0.15, 0.2) is 0 Å². The van der Waals surface area contributed by atoms with E-state index < -0.39 is 97.5 Å². The molecule has 0 bridgehead atoms. The van der Waals surface area contributed by atoms with Crippen molar-refractivity contribution in [2.24, 2.45) is 23.7 Å². The average molecular weight is 1300 g/mol. The molecule has 0 aromatic rings. The largest absolute Gasteiger partial charge is 0.472 e. The fourth-order valence-corrected chi connectivity index (χ4v) is 11.9. The maximum absolute atomic E-state index is 13.0. The second-order valence-electron chi connectivity index (χ2n) is 26.8. The van der Waals surface area contributed by atoms with Gasteiger partial charge in [0, 0.05) is 25.7 Å². The van der Waals surface area contributed by atoms with Crippen LogP contribution in [-0.2, 0) is 65.4 Å². The van der Waals surface area contributed by atoms with E-state index in [-0.39, 0.29) is 25.7 Å². The number of esters is 4. The van der Waals surface area contributed by atoms with E-state index in [0.29, 0.717) is 37.5 Å². The average Bonchev–Trinajstić information content (AvgIpc) is 3.52. The number of unbranched alkanes of at least 4 members (excludes halogenated alkanes) is 32. The van der Waals surface area contributed by atoms with Gasteiger partial charge in [-0.3, -0.25) is 37.3 Å². The number of ether oxygens (including phenoxy) is 4. The molecule has 0 saturated carbocycles. The smallest absolute Gasteiger partial charge is 0.462 e.